The third kappa shape index (κ3) is 1.16. The van der Waals surface area contributed by atoms with Gasteiger partial charge in [0.25, 0.3) is 0 Å². The monoisotopic (exact) mass is 95.1 g/mol. The highest BCUT2D eigenvalue weighted by Gasteiger charge is 1.85. The van der Waals surface area contributed by atoms with Crippen molar-refractivity contribution in [2.75, 3.05) is 0 Å². The molecule has 1 aliphatic rings. The fraction of sp³-hybridized carbons (Fsp3) is 0.167. The van der Waals surface area contributed by atoms with Crippen LogP contribution >= 0.6 is 0 Å². The largest absolute Gasteiger partial charge is 0.415 e. The Bertz CT molecular complexity index is 90.7. The molecule has 0 aromatic carbocycles. The molecular formula is C6H9N. The molecule has 0 fully saturated rings. The van der Waals surface area contributed by atoms with Crippen molar-refractivity contribution in [1.82, 2.24) is 0 Å². The van der Waals surface area contributed by atoms with Gasteiger partial charge in [-0.1, -0.05) is 0 Å². The first-order valence-electron chi connectivity index (χ1n) is 2.41. The molecule has 0 radical (unpaired) electrons. The van der Waals surface area contributed by atoms with Gasteiger partial charge in [0, 0.05) is 0 Å². The first-order valence-corrected chi connectivity index (χ1v) is 2.41. The van der Waals surface area contributed by atoms with E-state index in [-0.39, 0.29) is 0 Å². The van der Waals surface area contributed by atoms with Crippen LogP contribution in [0.5, 0.6) is 0 Å². The molecule has 38 valence electrons. The highest BCUT2D eigenvalue weighted by Crippen LogP contribution is 1.83. The summed E-state index contributed by atoms with van der Waals surface area (Å²) in [5.74, 6) is 0. The molecule has 1 heterocycles. The lowest BCUT2D eigenvalue weighted by molar-refractivity contribution is -0.737. The fourth-order valence-electron chi connectivity index (χ4n) is 0.573. The molecule has 1 heteroatoms. The molecule has 0 amide bonds. The minimum atomic E-state index is 1.07. The van der Waals surface area contributed by atoms with Crippen molar-refractivity contribution in [1.29, 1.82) is 0 Å². The summed E-state index contributed by atoms with van der Waals surface area (Å²) in [6, 6.07) is 0. The standard InChI is InChI=1S/C6H9N/c1-7-5-3-2-4-6-7/h3-7H,1-2H2. The second kappa shape index (κ2) is 1.94. The Balaban J connectivity index is 2.49. The molecule has 0 aromatic rings. The van der Waals surface area contributed by atoms with E-state index in [1.165, 1.54) is 0 Å². The fourth-order valence-corrected chi connectivity index (χ4v) is 0.573. The van der Waals surface area contributed by atoms with E-state index in [9.17, 15) is 0 Å². The third-order valence-corrected chi connectivity index (χ3v) is 0.936. The molecule has 0 saturated carbocycles. The molecule has 7 heavy (non-hydrogen) atoms. The van der Waals surface area contributed by atoms with Crippen molar-refractivity contribution in [3.63, 3.8) is 0 Å². The zero-order valence-corrected chi connectivity index (χ0v) is 4.22. The molecule has 1 nitrogen and oxygen atoms in total. The second-order valence-corrected chi connectivity index (χ2v) is 1.62. The Morgan fingerprint density at radius 1 is 1.29 bits per heavy atom. The van der Waals surface area contributed by atoms with E-state index < -0.39 is 0 Å². The van der Waals surface area contributed by atoms with Gasteiger partial charge in [-0.3, -0.25) is 0 Å². The van der Waals surface area contributed by atoms with Gasteiger partial charge in [0.15, 0.2) is 0 Å². The molecule has 1 N–H and O–H groups in total. The van der Waals surface area contributed by atoms with Crippen molar-refractivity contribution in [3.05, 3.63) is 31.6 Å². The predicted molar refractivity (Wildman–Crippen MR) is 29.2 cm³/mol. The van der Waals surface area contributed by atoms with Crippen LogP contribution in [0.2, 0.25) is 0 Å². The maximum atomic E-state index is 3.74. The normalized spacial score (nSPS) is 20.7. The first kappa shape index (κ1) is 4.60. The number of nitrogens with one attached hydrogen (secondary N) is 1. The SMILES string of the molecule is [CH2-][NH+]1C=CCC=C1. The molecule has 1 aliphatic heterocycles. The van der Waals surface area contributed by atoms with E-state index in [1.54, 1.807) is 0 Å². The Hall–Kier alpha value is -0.560. The van der Waals surface area contributed by atoms with Gasteiger partial charge in [-0.2, -0.15) is 0 Å². The number of quaternary nitrogens is 1. The van der Waals surface area contributed by atoms with E-state index in [1.807, 2.05) is 12.4 Å². The zero-order chi connectivity index (χ0) is 5.11. The van der Waals surface area contributed by atoms with Crippen LogP contribution in [0, 0.1) is 7.05 Å². The van der Waals surface area contributed by atoms with Crippen LogP contribution < -0.4 is 4.90 Å². The van der Waals surface area contributed by atoms with Crippen molar-refractivity contribution < 1.29 is 4.90 Å². The smallest absolute Gasteiger partial charge is 0.0685 e. The molecule has 0 atom stereocenters. The van der Waals surface area contributed by atoms with Gasteiger partial charge in [0.05, 0.1) is 12.4 Å². The molecule has 0 bridgehead atoms. The first-order chi connectivity index (χ1) is 3.39. The van der Waals surface area contributed by atoms with Crippen LogP contribution in [0.3, 0.4) is 0 Å². The van der Waals surface area contributed by atoms with Crippen LogP contribution in [-0.4, -0.2) is 0 Å². The van der Waals surface area contributed by atoms with Gasteiger partial charge >= 0.3 is 0 Å². The van der Waals surface area contributed by atoms with Gasteiger partial charge in [-0.05, 0) is 18.6 Å². The van der Waals surface area contributed by atoms with E-state index in [2.05, 4.69) is 19.2 Å². The van der Waals surface area contributed by atoms with Crippen molar-refractivity contribution in [2.45, 2.75) is 6.42 Å². The number of rotatable bonds is 0. The Morgan fingerprint density at radius 2 is 1.86 bits per heavy atom. The van der Waals surface area contributed by atoms with Gasteiger partial charge < -0.3 is 4.90 Å². The maximum Gasteiger partial charge on any atom is 0.0685 e. The molecule has 1 rings (SSSR count). The minimum absolute atomic E-state index is 1.07. The molecule has 0 saturated heterocycles. The summed E-state index contributed by atoms with van der Waals surface area (Å²) in [5.41, 5.74) is 0. The van der Waals surface area contributed by atoms with Crippen LogP contribution in [-0.2, 0) is 0 Å². The van der Waals surface area contributed by atoms with Crippen molar-refractivity contribution in [2.24, 2.45) is 0 Å². The lowest BCUT2D eigenvalue weighted by Gasteiger charge is -2.09. The van der Waals surface area contributed by atoms with Gasteiger partial charge in [0.2, 0.25) is 0 Å². The van der Waals surface area contributed by atoms with Crippen LogP contribution in [0.4, 0.5) is 0 Å². The Kier molecular flexibility index (Phi) is 1.27. The van der Waals surface area contributed by atoms with Crippen LogP contribution in [0.25, 0.3) is 0 Å². The van der Waals surface area contributed by atoms with E-state index >= 15 is 0 Å². The summed E-state index contributed by atoms with van der Waals surface area (Å²) in [5, 5.41) is 0. The van der Waals surface area contributed by atoms with Gasteiger partial charge in [-0.15, -0.1) is 7.05 Å². The maximum absolute atomic E-state index is 3.74. The number of hydrogen-bond acceptors (Lipinski definition) is 0. The summed E-state index contributed by atoms with van der Waals surface area (Å²) in [6.45, 7) is 0. The second-order valence-electron chi connectivity index (χ2n) is 1.62. The quantitative estimate of drug-likeness (QED) is 0.407. The van der Waals surface area contributed by atoms with Crippen LogP contribution in [0.1, 0.15) is 6.42 Å². The summed E-state index contributed by atoms with van der Waals surface area (Å²) < 4.78 is 0. The van der Waals surface area contributed by atoms with Crippen molar-refractivity contribution >= 4 is 0 Å². The predicted octanol–water partition coefficient (Wildman–Crippen LogP) is 0.0940. The van der Waals surface area contributed by atoms with E-state index in [0.29, 0.717) is 0 Å². The summed E-state index contributed by atoms with van der Waals surface area (Å²) in [7, 11) is 3.74. The molecule has 0 aromatic heterocycles. The average molecular weight is 95.1 g/mol. The third-order valence-electron chi connectivity index (χ3n) is 0.936. The molecule has 0 spiro atoms. The lowest BCUT2D eigenvalue weighted by atomic mass is 10.3. The van der Waals surface area contributed by atoms with E-state index in [0.717, 1.165) is 11.3 Å². The minimum Gasteiger partial charge on any atom is -0.415 e. The molecule has 0 unspecified atom stereocenters. The van der Waals surface area contributed by atoms with Gasteiger partial charge in [0.1, 0.15) is 0 Å². The summed E-state index contributed by atoms with van der Waals surface area (Å²) in [4.78, 5) is 1.10. The Labute approximate surface area is 43.9 Å². The number of allylic oxidation sites excluding steroid dienone is 2. The average Bonchev–Trinajstić information content (AvgIpc) is 1.69. The van der Waals surface area contributed by atoms with Crippen molar-refractivity contribution in [3.8, 4) is 0 Å². The summed E-state index contributed by atoms with van der Waals surface area (Å²) >= 11 is 0. The molecular weight excluding hydrogens is 86.1 g/mol. The number of hydrogen-bond donors (Lipinski definition) is 1. The Morgan fingerprint density at radius 3 is 2.14 bits per heavy atom. The molecule has 0 aliphatic carbocycles. The van der Waals surface area contributed by atoms with Gasteiger partial charge in [-0.25, -0.2) is 0 Å². The van der Waals surface area contributed by atoms with E-state index in [4.69, 9.17) is 0 Å². The zero-order valence-electron chi connectivity index (χ0n) is 4.22. The highest BCUT2D eigenvalue weighted by molar-refractivity contribution is 4.90. The lowest BCUT2D eigenvalue weighted by Crippen LogP contribution is -2.96. The topological polar surface area (TPSA) is 4.44 Å². The van der Waals surface area contributed by atoms with Crippen LogP contribution in [0.15, 0.2) is 24.6 Å². The highest BCUT2D eigenvalue weighted by atomic mass is 15.0. The summed E-state index contributed by atoms with van der Waals surface area (Å²) in [6.07, 6.45) is 9.32.